The predicted octanol–water partition coefficient (Wildman–Crippen LogP) is 4.35. The van der Waals surface area contributed by atoms with E-state index in [1.54, 1.807) is 18.2 Å². The van der Waals surface area contributed by atoms with Crippen LogP contribution in [0.15, 0.2) is 72.9 Å². The number of nitrogens with one attached hydrogen (secondary N) is 1. The molecular formula is C24H21N3O3. The Bertz CT molecular complexity index is 1270. The molecule has 0 fully saturated rings. The van der Waals surface area contributed by atoms with Crippen molar-refractivity contribution in [2.75, 3.05) is 7.11 Å². The van der Waals surface area contributed by atoms with Crippen molar-refractivity contribution in [1.29, 1.82) is 5.41 Å². The zero-order chi connectivity index (χ0) is 21.3. The normalized spacial score (nSPS) is 10.8. The van der Waals surface area contributed by atoms with Crippen LogP contribution < -0.4 is 10.5 Å². The molecule has 0 aliphatic rings. The van der Waals surface area contributed by atoms with Crippen LogP contribution in [0.2, 0.25) is 0 Å². The SMILES string of the molecule is COc1ccc(-c2ccccc2Cn2ccc3cc(C(=N)N)ccc32)c(C(=O)O)c1. The van der Waals surface area contributed by atoms with E-state index in [9.17, 15) is 9.90 Å². The smallest absolute Gasteiger partial charge is 0.336 e. The maximum atomic E-state index is 11.9. The van der Waals surface area contributed by atoms with E-state index in [0.29, 0.717) is 23.4 Å². The monoisotopic (exact) mass is 399 g/mol. The third-order valence-electron chi connectivity index (χ3n) is 5.19. The second kappa shape index (κ2) is 7.75. The number of nitrogen functional groups attached to an aromatic ring is 1. The van der Waals surface area contributed by atoms with Crippen molar-refractivity contribution in [2.45, 2.75) is 6.54 Å². The van der Waals surface area contributed by atoms with Crippen LogP contribution in [0.4, 0.5) is 0 Å². The lowest BCUT2D eigenvalue weighted by molar-refractivity contribution is 0.0697. The van der Waals surface area contributed by atoms with E-state index in [0.717, 1.165) is 22.0 Å². The fraction of sp³-hybridized carbons (Fsp3) is 0.0833. The first-order valence-electron chi connectivity index (χ1n) is 9.41. The van der Waals surface area contributed by atoms with Crippen molar-refractivity contribution >= 4 is 22.7 Å². The summed E-state index contributed by atoms with van der Waals surface area (Å²) < 4.78 is 7.29. The fourth-order valence-electron chi connectivity index (χ4n) is 3.67. The van der Waals surface area contributed by atoms with Gasteiger partial charge >= 0.3 is 5.97 Å². The molecule has 4 aromatic rings. The highest BCUT2D eigenvalue weighted by molar-refractivity contribution is 5.99. The van der Waals surface area contributed by atoms with Gasteiger partial charge in [0.05, 0.1) is 12.7 Å². The molecular weight excluding hydrogens is 378 g/mol. The minimum atomic E-state index is -0.998. The highest BCUT2D eigenvalue weighted by atomic mass is 16.5. The number of hydrogen-bond donors (Lipinski definition) is 3. The van der Waals surface area contributed by atoms with Gasteiger partial charge in [-0.15, -0.1) is 0 Å². The first kappa shape index (κ1) is 19.3. The Balaban J connectivity index is 1.78. The van der Waals surface area contributed by atoms with Gasteiger partial charge in [-0.2, -0.15) is 0 Å². The number of nitrogens with zero attached hydrogens (tertiary/aromatic N) is 1. The molecule has 4 N–H and O–H groups in total. The van der Waals surface area contributed by atoms with Crippen LogP contribution in [0.25, 0.3) is 22.0 Å². The summed E-state index contributed by atoms with van der Waals surface area (Å²) in [7, 11) is 1.52. The van der Waals surface area contributed by atoms with Gasteiger partial charge in [0.15, 0.2) is 0 Å². The average molecular weight is 399 g/mol. The van der Waals surface area contributed by atoms with Crippen molar-refractivity contribution in [1.82, 2.24) is 4.57 Å². The Morgan fingerprint density at radius 2 is 1.87 bits per heavy atom. The number of methoxy groups -OCH3 is 1. The molecule has 0 unspecified atom stereocenters. The number of carboxylic acids is 1. The molecule has 1 heterocycles. The summed E-state index contributed by atoms with van der Waals surface area (Å²) in [6.45, 7) is 0.574. The number of aromatic carboxylic acids is 1. The maximum Gasteiger partial charge on any atom is 0.336 e. The average Bonchev–Trinajstić information content (AvgIpc) is 3.15. The topological polar surface area (TPSA) is 101 Å². The molecule has 3 aromatic carbocycles. The molecule has 6 nitrogen and oxygen atoms in total. The molecule has 4 rings (SSSR count). The number of ether oxygens (including phenoxy) is 1. The minimum absolute atomic E-state index is 0.0377. The number of carbonyl (C=O) groups is 1. The molecule has 0 aliphatic carbocycles. The zero-order valence-corrected chi connectivity index (χ0v) is 16.4. The van der Waals surface area contributed by atoms with Crippen LogP contribution in [0.1, 0.15) is 21.5 Å². The van der Waals surface area contributed by atoms with Gasteiger partial charge in [0.25, 0.3) is 0 Å². The maximum absolute atomic E-state index is 11.9. The Morgan fingerprint density at radius 3 is 2.60 bits per heavy atom. The summed E-state index contributed by atoms with van der Waals surface area (Å²) in [4.78, 5) is 11.9. The van der Waals surface area contributed by atoms with Crippen LogP contribution in [0.5, 0.6) is 5.75 Å². The number of rotatable bonds is 6. The Kier molecular flexibility index (Phi) is 4.98. The number of hydrogen-bond acceptors (Lipinski definition) is 3. The first-order valence-corrected chi connectivity index (χ1v) is 9.41. The van der Waals surface area contributed by atoms with Crippen molar-refractivity contribution in [3.05, 3.63) is 89.6 Å². The standard InChI is InChI=1S/C24H21N3O3/c1-30-18-7-8-20(21(13-18)24(28)29)19-5-3-2-4-17(19)14-27-11-10-15-12-16(23(25)26)6-9-22(15)27/h2-13H,14H2,1H3,(H3,25,26)(H,28,29). The quantitative estimate of drug-likeness (QED) is 0.331. The van der Waals surface area contributed by atoms with Gasteiger partial charge in [-0.25, -0.2) is 4.79 Å². The third kappa shape index (κ3) is 3.51. The largest absolute Gasteiger partial charge is 0.497 e. The lowest BCUT2D eigenvalue weighted by Gasteiger charge is -2.14. The predicted molar refractivity (Wildman–Crippen MR) is 117 cm³/mol. The Morgan fingerprint density at radius 1 is 1.07 bits per heavy atom. The van der Waals surface area contributed by atoms with Crippen LogP contribution in [0, 0.1) is 5.41 Å². The van der Waals surface area contributed by atoms with Gasteiger partial charge in [-0.1, -0.05) is 24.3 Å². The molecule has 0 radical (unpaired) electrons. The van der Waals surface area contributed by atoms with Gasteiger partial charge in [-0.05, 0) is 59.2 Å². The van der Waals surface area contributed by atoms with Crippen LogP contribution in [0.3, 0.4) is 0 Å². The highest BCUT2D eigenvalue weighted by Crippen LogP contribution is 2.31. The van der Waals surface area contributed by atoms with Crippen LogP contribution in [-0.4, -0.2) is 28.6 Å². The van der Waals surface area contributed by atoms with E-state index in [1.165, 1.54) is 7.11 Å². The summed E-state index contributed by atoms with van der Waals surface area (Å²) in [6.07, 6.45) is 1.98. The van der Waals surface area contributed by atoms with Crippen molar-refractivity contribution in [2.24, 2.45) is 5.73 Å². The number of aromatic nitrogens is 1. The molecule has 1 aromatic heterocycles. The van der Waals surface area contributed by atoms with E-state index < -0.39 is 5.97 Å². The molecule has 0 saturated carbocycles. The fourth-order valence-corrected chi connectivity index (χ4v) is 3.67. The lowest BCUT2D eigenvalue weighted by Crippen LogP contribution is -2.10. The van der Waals surface area contributed by atoms with Gasteiger partial charge in [0, 0.05) is 29.2 Å². The van der Waals surface area contributed by atoms with Gasteiger partial charge in [-0.3, -0.25) is 5.41 Å². The number of fused-ring (bicyclic) bond motifs is 1. The lowest BCUT2D eigenvalue weighted by atomic mass is 9.95. The molecule has 0 bridgehead atoms. The van der Waals surface area contributed by atoms with E-state index >= 15 is 0 Å². The molecule has 0 spiro atoms. The zero-order valence-electron chi connectivity index (χ0n) is 16.4. The number of benzene rings is 3. The van der Waals surface area contributed by atoms with E-state index in [4.69, 9.17) is 15.9 Å². The summed E-state index contributed by atoms with van der Waals surface area (Å²) >= 11 is 0. The molecule has 0 aliphatic heterocycles. The third-order valence-corrected chi connectivity index (χ3v) is 5.19. The van der Waals surface area contributed by atoms with Crippen molar-refractivity contribution < 1.29 is 14.6 Å². The van der Waals surface area contributed by atoms with Crippen LogP contribution >= 0.6 is 0 Å². The summed E-state index contributed by atoms with van der Waals surface area (Å²) in [5.74, 6) is -0.455. The molecule has 0 atom stereocenters. The minimum Gasteiger partial charge on any atom is -0.497 e. The van der Waals surface area contributed by atoms with Crippen molar-refractivity contribution in [3.8, 4) is 16.9 Å². The Labute approximate surface area is 173 Å². The van der Waals surface area contributed by atoms with Gasteiger partial charge in [0.1, 0.15) is 11.6 Å². The van der Waals surface area contributed by atoms with Gasteiger partial charge in [0.2, 0.25) is 0 Å². The highest BCUT2D eigenvalue weighted by Gasteiger charge is 2.16. The van der Waals surface area contributed by atoms with E-state index in [2.05, 4.69) is 4.57 Å². The number of amidine groups is 1. The first-order chi connectivity index (χ1) is 14.5. The van der Waals surface area contributed by atoms with E-state index in [-0.39, 0.29) is 11.4 Å². The van der Waals surface area contributed by atoms with Crippen molar-refractivity contribution in [3.63, 3.8) is 0 Å². The van der Waals surface area contributed by atoms with E-state index in [1.807, 2.05) is 54.7 Å². The second-order valence-electron chi connectivity index (χ2n) is 7.00. The number of carboxylic acid groups (broad SMARTS) is 1. The summed E-state index contributed by atoms with van der Waals surface area (Å²) in [5.41, 5.74) is 10.0. The summed E-state index contributed by atoms with van der Waals surface area (Å²) in [6, 6.07) is 20.5. The molecule has 30 heavy (non-hydrogen) atoms. The molecule has 0 saturated heterocycles. The van der Waals surface area contributed by atoms with Gasteiger partial charge < -0.3 is 20.1 Å². The molecule has 150 valence electrons. The van der Waals surface area contributed by atoms with Crippen LogP contribution in [-0.2, 0) is 6.54 Å². The number of nitrogens with two attached hydrogens (primary N) is 1. The summed E-state index contributed by atoms with van der Waals surface area (Å²) in [5, 5.41) is 18.3. The molecule has 0 amide bonds. The molecule has 6 heteroatoms. The second-order valence-corrected chi connectivity index (χ2v) is 7.00. The Hall–Kier alpha value is -4.06.